The lowest BCUT2D eigenvalue weighted by atomic mass is 9.83. The Morgan fingerprint density at radius 1 is 1.25 bits per heavy atom. The average Bonchev–Trinajstić information content (AvgIpc) is 2.03. The van der Waals surface area contributed by atoms with Crippen molar-refractivity contribution in [1.82, 2.24) is 0 Å². The molecule has 0 spiro atoms. The molecule has 0 bridgehead atoms. The lowest BCUT2D eigenvalue weighted by Gasteiger charge is -2.19. The molecule has 0 aliphatic carbocycles. The maximum atomic E-state index is 8.52. The summed E-state index contributed by atoms with van der Waals surface area (Å²) < 4.78 is 0. The first-order chi connectivity index (χ1) is 5.72. The molecule has 12 heavy (non-hydrogen) atoms. The number of rotatable bonds is 7. The molecule has 0 aromatic heterocycles. The highest BCUT2D eigenvalue weighted by Crippen LogP contribution is 2.22. The Bertz CT molecular complexity index is 93.8. The Labute approximate surface area is 77.8 Å². The van der Waals surface area contributed by atoms with Crippen LogP contribution in [0.3, 0.4) is 0 Å². The predicted octanol–water partition coefficient (Wildman–Crippen LogP) is 2.87. The van der Waals surface area contributed by atoms with Gasteiger partial charge in [0, 0.05) is 0 Å². The monoisotopic (exact) mass is 169 g/mol. The first-order valence-electron chi connectivity index (χ1n) is 5.18. The van der Waals surface area contributed by atoms with Gasteiger partial charge in [-0.1, -0.05) is 52.8 Å². The Morgan fingerprint density at radius 2 is 1.92 bits per heavy atom. The minimum Gasteiger partial charge on any atom is -0.454 e. The summed E-state index contributed by atoms with van der Waals surface area (Å²) in [6, 6.07) is 0. The maximum absolute atomic E-state index is 8.52. The maximum Gasteiger partial charge on any atom is 0.287 e. The molecule has 0 saturated heterocycles. The van der Waals surface area contributed by atoms with Crippen molar-refractivity contribution < 1.29 is 5.02 Å². The van der Waals surface area contributed by atoms with Gasteiger partial charge in [0.1, 0.15) is 0 Å². The van der Waals surface area contributed by atoms with Crippen LogP contribution in [-0.4, -0.2) is 12.5 Å². The second kappa shape index (κ2) is 7.66. The molecule has 1 N–H and O–H groups in total. The van der Waals surface area contributed by atoms with Crippen molar-refractivity contribution in [3.8, 4) is 0 Å². The second-order valence-corrected chi connectivity index (χ2v) is 3.91. The molecule has 1 nitrogen and oxygen atoms in total. The van der Waals surface area contributed by atoms with E-state index in [4.69, 9.17) is 5.02 Å². The van der Waals surface area contributed by atoms with Crippen molar-refractivity contribution in [3.63, 3.8) is 0 Å². The highest BCUT2D eigenvalue weighted by molar-refractivity contribution is 6.25. The van der Waals surface area contributed by atoms with Crippen LogP contribution in [-0.2, 0) is 0 Å². The van der Waals surface area contributed by atoms with Gasteiger partial charge in [-0.2, -0.15) is 0 Å². The first kappa shape index (κ1) is 12.0. The molecular weight excluding hydrogens is 147 g/mol. The Balaban J connectivity index is 3.49. The standard InChI is InChI=1S/C10H22BO/c1-4-6-10(9(2)3)7-5-8-11-12/h9-10,12H,4-8H2,1-3H3. The van der Waals surface area contributed by atoms with Crippen LogP contribution in [0.25, 0.3) is 0 Å². The van der Waals surface area contributed by atoms with E-state index in [0.717, 1.165) is 24.6 Å². The van der Waals surface area contributed by atoms with E-state index in [2.05, 4.69) is 20.8 Å². The smallest absolute Gasteiger partial charge is 0.287 e. The molecular formula is C10H22BO. The fourth-order valence-corrected chi connectivity index (χ4v) is 1.65. The lowest BCUT2D eigenvalue weighted by molar-refractivity contribution is 0.330. The van der Waals surface area contributed by atoms with Gasteiger partial charge in [0.15, 0.2) is 0 Å². The Hall–Kier alpha value is 0.0249. The highest BCUT2D eigenvalue weighted by atomic mass is 16.2. The van der Waals surface area contributed by atoms with Crippen LogP contribution in [0.5, 0.6) is 0 Å². The molecule has 0 aliphatic rings. The molecule has 0 saturated carbocycles. The fraction of sp³-hybridized carbons (Fsp3) is 1.00. The van der Waals surface area contributed by atoms with Crippen molar-refractivity contribution in [2.75, 3.05) is 0 Å². The largest absolute Gasteiger partial charge is 0.454 e. The van der Waals surface area contributed by atoms with Crippen LogP contribution in [0.1, 0.15) is 46.5 Å². The summed E-state index contributed by atoms with van der Waals surface area (Å²) in [6.07, 6.45) is 5.88. The zero-order valence-electron chi connectivity index (χ0n) is 8.71. The van der Waals surface area contributed by atoms with Crippen molar-refractivity contribution in [2.45, 2.75) is 52.8 Å². The third-order valence-corrected chi connectivity index (χ3v) is 2.51. The number of hydrogen-bond acceptors (Lipinski definition) is 1. The molecule has 1 radical (unpaired) electrons. The van der Waals surface area contributed by atoms with Crippen LogP contribution in [0, 0.1) is 11.8 Å². The summed E-state index contributed by atoms with van der Waals surface area (Å²) in [6.45, 7) is 6.83. The highest BCUT2D eigenvalue weighted by Gasteiger charge is 2.11. The third kappa shape index (κ3) is 5.65. The molecule has 0 fully saturated rings. The Morgan fingerprint density at radius 3 is 2.33 bits per heavy atom. The summed E-state index contributed by atoms with van der Waals surface area (Å²) in [5.74, 6) is 1.65. The van der Waals surface area contributed by atoms with E-state index in [-0.39, 0.29) is 0 Å². The van der Waals surface area contributed by atoms with Gasteiger partial charge >= 0.3 is 0 Å². The zero-order chi connectivity index (χ0) is 9.40. The minimum atomic E-state index is 0.795. The van der Waals surface area contributed by atoms with E-state index >= 15 is 0 Å². The van der Waals surface area contributed by atoms with Crippen LogP contribution in [0.2, 0.25) is 6.32 Å². The third-order valence-electron chi connectivity index (χ3n) is 2.51. The van der Waals surface area contributed by atoms with Crippen molar-refractivity contribution in [3.05, 3.63) is 0 Å². The van der Waals surface area contributed by atoms with Gasteiger partial charge < -0.3 is 5.02 Å². The van der Waals surface area contributed by atoms with Crippen LogP contribution in [0.4, 0.5) is 0 Å². The van der Waals surface area contributed by atoms with E-state index in [1.807, 2.05) is 0 Å². The van der Waals surface area contributed by atoms with Gasteiger partial charge in [0.25, 0.3) is 7.48 Å². The van der Waals surface area contributed by atoms with Gasteiger partial charge in [-0.15, -0.1) is 0 Å². The van der Waals surface area contributed by atoms with Gasteiger partial charge in [-0.3, -0.25) is 0 Å². The quantitative estimate of drug-likeness (QED) is 0.459. The molecule has 0 aliphatic heterocycles. The molecule has 0 aromatic rings. The molecule has 0 amide bonds. The molecule has 71 valence electrons. The second-order valence-electron chi connectivity index (χ2n) is 3.91. The fourth-order valence-electron chi connectivity index (χ4n) is 1.65. The van der Waals surface area contributed by atoms with E-state index < -0.39 is 0 Å². The SMILES string of the molecule is CCCC(CCC[B]O)C(C)C. The van der Waals surface area contributed by atoms with E-state index in [0.29, 0.717) is 0 Å². The van der Waals surface area contributed by atoms with Gasteiger partial charge in [-0.25, -0.2) is 0 Å². The van der Waals surface area contributed by atoms with Gasteiger partial charge in [0.2, 0.25) is 0 Å². The van der Waals surface area contributed by atoms with E-state index in [9.17, 15) is 0 Å². The predicted molar refractivity (Wildman–Crippen MR) is 55.2 cm³/mol. The van der Waals surface area contributed by atoms with Crippen molar-refractivity contribution >= 4 is 7.48 Å². The average molecular weight is 169 g/mol. The minimum absolute atomic E-state index is 0.795. The lowest BCUT2D eigenvalue weighted by Crippen LogP contribution is -2.08. The topological polar surface area (TPSA) is 20.2 Å². The van der Waals surface area contributed by atoms with Crippen molar-refractivity contribution in [2.24, 2.45) is 11.8 Å². The summed E-state index contributed by atoms with van der Waals surface area (Å²) >= 11 is 0. The van der Waals surface area contributed by atoms with Gasteiger partial charge in [-0.05, 0) is 11.8 Å². The molecule has 2 heteroatoms. The van der Waals surface area contributed by atoms with E-state index in [1.165, 1.54) is 26.7 Å². The molecule has 1 unspecified atom stereocenters. The van der Waals surface area contributed by atoms with E-state index in [1.54, 1.807) is 0 Å². The van der Waals surface area contributed by atoms with Gasteiger partial charge in [0.05, 0.1) is 0 Å². The molecule has 0 aromatic carbocycles. The summed E-state index contributed by atoms with van der Waals surface area (Å²) in [4.78, 5) is 0. The summed E-state index contributed by atoms with van der Waals surface area (Å²) in [7, 11) is 1.28. The van der Waals surface area contributed by atoms with Crippen LogP contribution in [0.15, 0.2) is 0 Å². The summed E-state index contributed by atoms with van der Waals surface area (Å²) in [5.41, 5.74) is 0. The Kier molecular flexibility index (Phi) is 7.68. The summed E-state index contributed by atoms with van der Waals surface area (Å²) in [5, 5.41) is 8.52. The van der Waals surface area contributed by atoms with Crippen molar-refractivity contribution in [1.29, 1.82) is 0 Å². The first-order valence-corrected chi connectivity index (χ1v) is 5.18. The number of hydrogen-bond donors (Lipinski definition) is 1. The normalized spacial score (nSPS) is 13.4. The molecule has 0 heterocycles. The molecule has 0 rings (SSSR count). The van der Waals surface area contributed by atoms with Crippen LogP contribution >= 0.6 is 0 Å². The molecule has 1 atom stereocenters. The van der Waals surface area contributed by atoms with Crippen LogP contribution < -0.4 is 0 Å². The zero-order valence-corrected chi connectivity index (χ0v) is 8.71.